The molecule has 0 radical (unpaired) electrons. The van der Waals surface area contributed by atoms with Crippen molar-refractivity contribution in [3.8, 4) is 0 Å². The first-order chi connectivity index (χ1) is 10.2. The van der Waals surface area contributed by atoms with Crippen LogP contribution >= 0.6 is 27.7 Å². The van der Waals surface area contributed by atoms with Gasteiger partial charge >= 0.3 is 0 Å². The first-order valence-electron chi connectivity index (χ1n) is 6.18. The smallest absolute Gasteiger partial charge is 0.270 e. The van der Waals surface area contributed by atoms with E-state index < -0.39 is 0 Å². The number of hydrogen-bond donors (Lipinski definition) is 2. The van der Waals surface area contributed by atoms with Crippen molar-refractivity contribution in [3.05, 3.63) is 64.6 Å². The number of halogens is 1. The van der Waals surface area contributed by atoms with Gasteiger partial charge in [0.2, 0.25) is 5.91 Å². The van der Waals surface area contributed by atoms with Crippen molar-refractivity contribution in [2.24, 2.45) is 0 Å². The summed E-state index contributed by atoms with van der Waals surface area (Å²) < 4.78 is 0.676. The number of carbonyl (C=O) groups is 2. The van der Waals surface area contributed by atoms with Crippen LogP contribution in [0, 0.1) is 0 Å². The molecule has 2 rings (SSSR count). The van der Waals surface area contributed by atoms with Crippen LogP contribution in [0.1, 0.15) is 10.4 Å². The molecule has 0 fully saturated rings. The normalized spacial score (nSPS) is 9.95. The van der Waals surface area contributed by atoms with E-state index in [4.69, 9.17) is 0 Å². The Labute approximate surface area is 135 Å². The predicted molar refractivity (Wildman–Crippen MR) is 86.9 cm³/mol. The van der Waals surface area contributed by atoms with Crippen LogP contribution in [-0.4, -0.2) is 17.6 Å². The van der Waals surface area contributed by atoms with Crippen molar-refractivity contribution >= 4 is 39.5 Å². The maximum atomic E-state index is 11.9. The van der Waals surface area contributed by atoms with Gasteiger partial charge in [0, 0.05) is 9.37 Å². The Morgan fingerprint density at radius 1 is 0.952 bits per heavy atom. The third kappa shape index (κ3) is 4.91. The lowest BCUT2D eigenvalue weighted by Gasteiger charge is -2.08. The zero-order valence-electron chi connectivity index (χ0n) is 11.0. The number of carbonyl (C=O) groups excluding carboxylic acids is 2. The van der Waals surface area contributed by atoms with Gasteiger partial charge in [0.15, 0.2) is 0 Å². The summed E-state index contributed by atoms with van der Waals surface area (Å²) in [7, 11) is 0. The van der Waals surface area contributed by atoms with Crippen LogP contribution in [-0.2, 0) is 4.79 Å². The van der Waals surface area contributed by atoms with Gasteiger partial charge in [-0.2, -0.15) is 0 Å². The van der Waals surface area contributed by atoms with Crippen molar-refractivity contribution in [1.29, 1.82) is 0 Å². The van der Waals surface area contributed by atoms with Gasteiger partial charge in [0.25, 0.3) is 5.91 Å². The van der Waals surface area contributed by atoms with Crippen LogP contribution < -0.4 is 10.9 Å². The number of hydrazine groups is 1. The molecule has 21 heavy (non-hydrogen) atoms. The van der Waals surface area contributed by atoms with Crippen LogP contribution in [0.2, 0.25) is 0 Å². The lowest BCUT2D eigenvalue weighted by atomic mass is 10.2. The molecule has 2 aromatic rings. The molecule has 0 aromatic heterocycles. The Morgan fingerprint density at radius 3 is 2.33 bits per heavy atom. The molecule has 2 aromatic carbocycles. The van der Waals surface area contributed by atoms with Crippen LogP contribution in [0.3, 0.4) is 0 Å². The van der Waals surface area contributed by atoms with Gasteiger partial charge in [-0.3, -0.25) is 20.4 Å². The molecule has 2 amide bonds. The molecular weight excluding hydrogens is 352 g/mol. The number of thioether (sulfide) groups is 1. The topological polar surface area (TPSA) is 58.2 Å². The van der Waals surface area contributed by atoms with E-state index in [2.05, 4.69) is 26.8 Å². The second-order valence-electron chi connectivity index (χ2n) is 4.08. The fourth-order valence-electron chi connectivity index (χ4n) is 1.54. The third-order valence-electron chi connectivity index (χ3n) is 2.55. The average molecular weight is 365 g/mol. The van der Waals surface area contributed by atoms with Crippen molar-refractivity contribution in [2.45, 2.75) is 4.90 Å². The van der Waals surface area contributed by atoms with E-state index in [1.807, 2.05) is 36.4 Å². The SMILES string of the molecule is O=C(CSc1ccccc1)NNC(=O)c1ccccc1Br. The van der Waals surface area contributed by atoms with E-state index in [0.29, 0.717) is 10.0 Å². The fourth-order valence-corrected chi connectivity index (χ4v) is 2.73. The summed E-state index contributed by atoms with van der Waals surface area (Å²) in [4.78, 5) is 24.6. The van der Waals surface area contributed by atoms with E-state index in [0.717, 1.165) is 4.90 Å². The average Bonchev–Trinajstić information content (AvgIpc) is 2.52. The summed E-state index contributed by atoms with van der Waals surface area (Å²) >= 11 is 4.69. The molecule has 2 N–H and O–H groups in total. The first-order valence-corrected chi connectivity index (χ1v) is 7.96. The third-order valence-corrected chi connectivity index (χ3v) is 4.25. The fraction of sp³-hybridized carbons (Fsp3) is 0.0667. The largest absolute Gasteiger partial charge is 0.272 e. The lowest BCUT2D eigenvalue weighted by Crippen LogP contribution is -2.42. The van der Waals surface area contributed by atoms with Crippen LogP contribution in [0.25, 0.3) is 0 Å². The molecule has 0 saturated carbocycles. The Kier molecular flexibility index (Phi) is 5.83. The number of benzene rings is 2. The summed E-state index contributed by atoms with van der Waals surface area (Å²) in [5, 5.41) is 0. The molecule has 0 saturated heterocycles. The Hall–Kier alpha value is -1.79. The van der Waals surface area contributed by atoms with Crippen molar-refractivity contribution in [2.75, 3.05) is 5.75 Å². The van der Waals surface area contributed by atoms with Crippen molar-refractivity contribution < 1.29 is 9.59 Å². The molecule has 0 bridgehead atoms. The molecule has 6 heteroatoms. The van der Waals surface area contributed by atoms with E-state index in [-0.39, 0.29) is 17.6 Å². The Bertz CT molecular complexity index is 635. The Morgan fingerprint density at radius 2 is 1.62 bits per heavy atom. The number of rotatable bonds is 4. The summed E-state index contributed by atoms with van der Waals surface area (Å²) in [5.41, 5.74) is 5.26. The second kappa shape index (κ2) is 7.85. The van der Waals surface area contributed by atoms with Crippen LogP contribution in [0.5, 0.6) is 0 Å². The van der Waals surface area contributed by atoms with E-state index in [1.165, 1.54) is 11.8 Å². The molecule has 0 aliphatic rings. The summed E-state index contributed by atoms with van der Waals surface area (Å²) in [6.45, 7) is 0. The minimum atomic E-state index is -0.361. The number of hydrogen-bond acceptors (Lipinski definition) is 3. The molecule has 108 valence electrons. The van der Waals surface area contributed by atoms with Crippen LogP contribution in [0.15, 0.2) is 64.0 Å². The molecule has 0 heterocycles. The van der Waals surface area contributed by atoms with Gasteiger partial charge in [-0.05, 0) is 40.2 Å². The zero-order valence-corrected chi connectivity index (χ0v) is 13.4. The molecule has 0 spiro atoms. The van der Waals surface area contributed by atoms with E-state index in [1.54, 1.807) is 18.2 Å². The summed E-state index contributed by atoms with van der Waals surface area (Å²) in [6.07, 6.45) is 0. The molecule has 0 atom stereocenters. The quantitative estimate of drug-likeness (QED) is 0.647. The monoisotopic (exact) mass is 364 g/mol. The van der Waals surface area contributed by atoms with Gasteiger partial charge in [-0.1, -0.05) is 30.3 Å². The minimum absolute atomic E-state index is 0.236. The highest BCUT2D eigenvalue weighted by molar-refractivity contribution is 9.10. The molecule has 0 aliphatic carbocycles. The van der Waals surface area contributed by atoms with Gasteiger partial charge in [0.05, 0.1) is 11.3 Å². The van der Waals surface area contributed by atoms with Gasteiger partial charge in [-0.15, -0.1) is 11.8 Å². The highest BCUT2D eigenvalue weighted by Crippen LogP contribution is 2.16. The Balaban J connectivity index is 1.79. The maximum Gasteiger partial charge on any atom is 0.270 e. The van der Waals surface area contributed by atoms with E-state index >= 15 is 0 Å². The van der Waals surface area contributed by atoms with Gasteiger partial charge in [-0.25, -0.2) is 0 Å². The van der Waals surface area contributed by atoms with E-state index in [9.17, 15) is 9.59 Å². The van der Waals surface area contributed by atoms with Gasteiger partial charge in [0.1, 0.15) is 0 Å². The summed E-state index contributed by atoms with van der Waals surface area (Å²) in [6, 6.07) is 16.6. The number of amides is 2. The number of nitrogens with one attached hydrogen (secondary N) is 2. The highest BCUT2D eigenvalue weighted by atomic mass is 79.9. The van der Waals surface area contributed by atoms with Crippen LogP contribution in [0.4, 0.5) is 0 Å². The molecular formula is C15H13BrN2O2S. The predicted octanol–water partition coefficient (Wildman–Crippen LogP) is 3.00. The molecule has 4 nitrogen and oxygen atoms in total. The standard InChI is InChI=1S/C15H13BrN2O2S/c16-13-9-5-4-8-12(13)15(20)18-17-14(19)10-21-11-6-2-1-3-7-11/h1-9H,10H2,(H,17,19)(H,18,20). The van der Waals surface area contributed by atoms with Crippen molar-refractivity contribution in [1.82, 2.24) is 10.9 Å². The molecule has 0 unspecified atom stereocenters. The zero-order chi connectivity index (χ0) is 15.1. The first kappa shape index (κ1) is 15.6. The molecule has 0 aliphatic heterocycles. The summed E-state index contributed by atoms with van der Waals surface area (Å²) in [5.74, 6) is -0.384. The van der Waals surface area contributed by atoms with Gasteiger partial charge < -0.3 is 0 Å². The lowest BCUT2D eigenvalue weighted by molar-refractivity contribution is -0.119. The second-order valence-corrected chi connectivity index (χ2v) is 5.99. The van der Waals surface area contributed by atoms with Crippen molar-refractivity contribution in [3.63, 3.8) is 0 Å². The highest BCUT2D eigenvalue weighted by Gasteiger charge is 2.10. The maximum absolute atomic E-state index is 11.9. The minimum Gasteiger partial charge on any atom is -0.272 e.